The Kier molecular flexibility index (Phi) is 8.65. The van der Waals surface area contributed by atoms with Crippen LogP contribution in [0.5, 0.6) is 5.88 Å². The number of alkyl halides is 6. The van der Waals surface area contributed by atoms with E-state index in [9.17, 15) is 35.9 Å². The molecule has 0 aliphatic heterocycles. The number of amides is 2. The summed E-state index contributed by atoms with van der Waals surface area (Å²) in [7, 11) is 1.40. The number of ether oxygens (including phenoxy) is 1. The molecule has 1 aromatic rings. The molecule has 7 nitrogen and oxygen atoms in total. The Morgan fingerprint density at radius 3 is 2.06 bits per heavy atom. The third-order valence-corrected chi connectivity index (χ3v) is 5.53. The minimum absolute atomic E-state index is 0.0447. The van der Waals surface area contributed by atoms with Crippen LogP contribution in [0.2, 0.25) is 0 Å². The maximum absolute atomic E-state index is 13.0. The van der Waals surface area contributed by atoms with E-state index in [0.717, 1.165) is 25.0 Å². The Balaban J connectivity index is 2.43. The molecule has 1 aliphatic carbocycles. The second-order valence-electron chi connectivity index (χ2n) is 8.18. The lowest BCUT2D eigenvalue weighted by molar-refractivity contribution is -0.137. The minimum atomic E-state index is -4.93. The highest BCUT2D eigenvalue weighted by Gasteiger charge is 2.40. The Morgan fingerprint density at radius 1 is 1.06 bits per heavy atom. The van der Waals surface area contributed by atoms with Gasteiger partial charge in [-0.15, -0.1) is 0 Å². The van der Waals surface area contributed by atoms with E-state index in [4.69, 9.17) is 4.74 Å². The number of rotatable bonds is 11. The molecule has 0 saturated heterocycles. The first-order valence-corrected chi connectivity index (χ1v) is 10.8. The lowest BCUT2D eigenvalue weighted by Crippen LogP contribution is -2.57. The van der Waals surface area contributed by atoms with Crippen molar-refractivity contribution < 1.29 is 40.7 Å². The van der Waals surface area contributed by atoms with Crippen LogP contribution in [0.4, 0.5) is 32.0 Å². The third kappa shape index (κ3) is 7.66. The van der Waals surface area contributed by atoms with Gasteiger partial charge in [0.2, 0.25) is 11.8 Å². The van der Waals surface area contributed by atoms with Gasteiger partial charge in [0.1, 0.15) is 30.0 Å². The lowest BCUT2D eigenvalue weighted by atomic mass is 9.91. The van der Waals surface area contributed by atoms with Gasteiger partial charge in [0.25, 0.3) is 5.91 Å². The summed E-state index contributed by atoms with van der Waals surface area (Å²) >= 11 is 0. The van der Waals surface area contributed by atoms with Crippen molar-refractivity contribution in [1.82, 2.24) is 15.6 Å². The van der Waals surface area contributed by atoms with Crippen molar-refractivity contribution in [3.05, 3.63) is 17.8 Å². The molecule has 34 heavy (non-hydrogen) atoms. The predicted molar refractivity (Wildman–Crippen MR) is 112 cm³/mol. The average Bonchev–Trinajstić information content (AvgIpc) is 3.57. The largest absolute Gasteiger partial charge is 0.476 e. The zero-order valence-electron chi connectivity index (χ0n) is 19.1. The van der Waals surface area contributed by atoms with E-state index < -0.39 is 54.4 Å². The van der Waals surface area contributed by atoms with Crippen molar-refractivity contribution in [2.24, 2.45) is 5.92 Å². The zero-order valence-corrected chi connectivity index (χ0v) is 19.1. The first-order chi connectivity index (χ1) is 15.7. The number of pyridine rings is 1. The molecular formula is C21H28F6N4O3. The summed E-state index contributed by atoms with van der Waals surface area (Å²) in [5, 5.41) is 5.05. The number of carbonyl (C=O) groups excluding carboxylic acids is 2. The molecule has 1 aromatic heterocycles. The first-order valence-electron chi connectivity index (χ1n) is 10.8. The number of likely N-dealkylation sites (N-methyl/N-ethyl adjacent to an activating group) is 1. The number of nitrogens with one attached hydrogen (secondary N) is 2. The molecule has 0 atom stereocenters. The summed E-state index contributed by atoms with van der Waals surface area (Å²) in [5.74, 6) is -1.65. The number of hydrogen-bond acceptors (Lipinski definition) is 5. The molecule has 0 spiro atoms. The predicted octanol–water partition coefficient (Wildman–Crippen LogP) is 3.84. The van der Waals surface area contributed by atoms with Gasteiger partial charge in [-0.05, 0) is 43.7 Å². The van der Waals surface area contributed by atoms with Crippen molar-refractivity contribution in [1.29, 1.82) is 0 Å². The van der Waals surface area contributed by atoms with E-state index in [1.54, 1.807) is 13.8 Å². The summed E-state index contributed by atoms with van der Waals surface area (Å²) in [6.07, 6.45) is -7.75. The van der Waals surface area contributed by atoms with Crippen LogP contribution in [0.1, 0.15) is 50.0 Å². The summed E-state index contributed by atoms with van der Waals surface area (Å²) < 4.78 is 83.7. The number of halogens is 6. The van der Waals surface area contributed by atoms with Gasteiger partial charge in [-0.1, -0.05) is 13.8 Å². The van der Waals surface area contributed by atoms with E-state index in [1.807, 2.05) is 0 Å². The summed E-state index contributed by atoms with van der Waals surface area (Å²) in [6, 6.07) is 1.95. The Hall–Kier alpha value is -2.73. The van der Waals surface area contributed by atoms with Crippen LogP contribution in [-0.2, 0) is 4.79 Å². The van der Waals surface area contributed by atoms with Crippen molar-refractivity contribution in [2.75, 3.05) is 31.6 Å². The molecule has 1 heterocycles. The molecule has 0 unspecified atom stereocenters. The Bertz CT molecular complexity index is 851. The van der Waals surface area contributed by atoms with Crippen LogP contribution in [0.25, 0.3) is 0 Å². The van der Waals surface area contributed by atoms with E-state index in [0.29, 0.717) is 0 Å². The minimum Gasteiger partial charge on any atom is -0.476 e. The number of carbonyl (C=O) groups is 2. The molecule has 2 N–H and O–H groups in total. The molecule has 0 bridgehead atoms. The first kappa shape index (κ1) is 27.5. The SMILES string of the molecule is CCC(CC)(NC(=O)c1ccc(N(CC(F)(F)F)CC(F)(F)F)c(OCC2CC2)n1)C(=O)NC. The van der Waals surface area contributed by atoms with E-state index in [-0.39, 0.29) is 36.0 Å². The average molecular weight is 498 g/mol. The Labute approximate surface area is 193 Å². The maximum Gasteiger partial charge on any atom is 0.405 e. The molecule has 2 rings (SSSR count). The van der Waals surface area contributed by atoms with Crippen LogP contribution < -0.4 is 20.3 Å². The molecule has 2 amide bonds. The van der Waals surface area contributed by atoms with E-state index >= 15 is 0 Å². The van der Waals surface area contributed by atoms with Gasteiger partial charge in [-0.25, -0.2) is 4.98 Å². The van der Waals surface area contributed by atoms with Gasteiger partial charge in [-0.3, -0.25) is 9.59 Å². The fourth-order valence-electron chi connectivity index (χ4n) is 3.37. The van der Waals surface area contributed by atoms with Crippen LogP contribution in [0.15, 0.2) is 12.1 Å². The molecule has 1 fully saturated rings. The normalized spacial score (nSPS) is 14.5. The monoisotopic (exact) mass is 498 g/mol. The summed E-state index contributed by atoms with van der Waals surface area (Å²) in [6.45, 7) is -0.350. The van der Waals surface area contributed by atoms with Gasteiger partial charge >= 0.3 is 12.4 Å². The van der Waals surface area contributed by atoms with Gasteiger partial charge in [0.15, 0.2) is 0 Å². The van der Waals surface area contributed by atoms with Crippen LogP contribution in [-0.4, -0.2) is 61.4 Å². The molecule has 0 radical (unpaired) electrons. The highest BCUT2D eigenvalue weighted by Crippen LogP contribution is 2.35. The van der Waals surface area contributed by atoms with Crippen LogP contribution in [0.3, 0.4) is 0 Å². The molecule has 1 saturated carbocycles. The fraction of sp³-hybridized carbons (Fsp3) is 0.667. The quantitative estimate of drug-likeness (QED) is 0.453. The smallest absolute Gasteiger partial charge is 0.405 e. The zero-order chi connectivity index (χ0) is 25.7. The highest BCUT2D eigenvalue weighted by molar-refractivity contribution is 5.98. The van der Waals surface area contributed by atoms with E-state index in [1.165, 1.54) is 7.05 Å². The van der Waals surface area contributed by atoms with Crippen molar-refractivity contribution in [3.8, 4) is 5.88 Å². The number of nitrogens with zero attached hydrogens (tertiary/aromatic N) is 2. The number of anilines is 1. The molecule has 192 valence electrons. The second kappa shape index (κ2) is 10.7. The van der Waals surface area contributed by atoms with E-state index in [2.05, 4.69) is 15.6 Å². The van der Waals surface area contributed by atoms with Gasteiger partial charge in [-0.2, -0.15) is 26.3 Å². The van der Waals surface area contributed by atoms with Crippen molar-refractivity contribution in [3.63, 3.8) is 0 Å². The summed E-state index contributed by atoms with van der Waals surface area (Å²) in [4.78, 5) is 29.2. The van der Waals surface area contributed by atoms with Crippen molar-refractivity contribution in [2.45, 2.75) is 57.4 Å². The molecule has 0 aromatic carbocycles. The standard InChI is InChI=1S/C21H28F6N4O3/c1-4-19(5-2,18(33)28-3)30-16(32)14-8-9-15(17(29-14)34-10-13-6-7-13)31(11-20(22,23)24)12-21(25,26)27/h8-9,13H,4-7,10-12H2,1-3H3,(H,28,33)(H,30,32). The Morgan fingerprint density at radius 2 is 1.62 bits per heavy atom. The second-order valence-corrected chi connectivity index (χ2v) is 8.18. The number of hydrogen-bond donors (Lipinski definition) is 2. The lowest BCUT2D eigenvalue weighted by Gasteiger charge is -2.31. The van der Waals surface area contributed by atoms with Crippen LogP contribution >= 0.6 is 0 Å². The van der Waals surface area contributed by atoms with Crippen LogP contribution in [0, 0.1) is 5.92 Å². The highest BCUT2D eigenvalue weighted by atomic mass is 19.4. The van der Waals surface area contributed by atoms with Crippen molar-refractivity contribution >= 4 is 17.5 Å². The fourth-order valence-corrected chi connectivity index (χ4v) is 3.37. The molecule has 13 heteroatoms. The maximum atomic E-state index is 13.0. The summed E-state index contributed by atoms with van der Waals surface area (Å²) in [5.41, 5.74) is -2.10. The number of aromatic nitrogens is 1. The molecule has 1 aliphatic rings. The van der Waals surface area contributed by atoms with Gasteiger partial charge in [0, 0.05) is 7.05 Å². The third-order valence-electron chi connectivity index (χ3n) is 5.53. The topological polar surface area (TPSA) is 83.6 Å². The van der Waals surface area contributed by atoms with Gasteiger partial charge < -0.3 is 20.3 Å². The molecular weight excluding hydrogens is 470 g/mol. The van der Waals surface area contributed by atoms with Gasteiger partial charge in [0.05, 0.1) is 6.61 Å².